The van der Waals surface area contributed by atoms with Crippen LogP contribution in [0.2, 0.25) is 0 Å². The molecule has 0 aliphatic heterocycles. The van der Waals surface area contributed by atoms with Crippen LogP contribution in [0, 0.1) is 6.92 Å². The maximum atomic E-state index is 4.31. The molecule has 0 saturated carbocycles. The summed E-state index contributed by atoms with van der Waals surface area (Å²) < 4.78 is 2.09. The van der Waals surface area contributed by atoms with Crippen molar-refractivity contribution in [3.8, 4) is 0 Å². The molecule has 0 atom stereocenters. The fourth-order valence-corrected chi connectivity index (χ4v) is 1.95. The summed E-state index contributed by atoms with van der Waals surface area (Å²) in [6.45, 7) is 7.36. The predicted molar refractivity (Wildman–Crippen MR) is 71.7 cm³/mol. The van der Waals surface area contributed by atoms with E-state index in [1.807, 2.05) is 12.4 Å². The number of imidazole rings is 1. The molecule has 0 saturated heterocycles. The second kappa shape index (κ2) is 5.04. The number of aromatic nitrogens is 2. The van der Waals surface area contributed by atoms with E-state index in [1.165, 1.54) is 11.1 Å². The van der Waals surface area contributed by atoms with Crippen molar-refractivity contribution in [1.82, 2.24) is 9.55 Å². The molecule has 3 nitrogen and oxygen atoms in total. The van der Waals surface area contributed by atoms with Gasteiger partial charge in [0, 0.05) is 24.6 Å². The van der Waals surface area contributed by atoms with E-state index in [1.54, 1.807) is 0 Å². The highest BCUT2D eigenvalue weighted by molar-refractivity contribution is 5.56. The van der Waals surface area contributed by atoms with E-state index in [9.17, 15) is 0 Å². The van der Waals surface area contributed by atoms with Gasteiger partial charge in [-0.25, -0.2) is 4.98 Å². The van der Waals surface area contributed by atoms with Gasteiger partial charge in [-0.1, -0.05) is 13.0 Å². The quantitative estimate of drug-likeness (QED) is 0.869. The van der Waals surface area contributed by atoms with E-state index in [0.29, 0.717) is 0 Å². The van der Waals surface area contributed by atoms with Gasteiger partial charge in [-0.05, 0) is 43.5 Å². The van der Waals surface area contributed by atoms with Crippen LogP contribution >= 0.6 is 0 Å². The fraction of sp³-hybridized carbons (Fsp3) is 0.357. The lowest BCUT2D eigenvalue weighted by molar-refractivity contribution is 0.772. The molecule has 0 amide bonds. The Morgan fingerprint density at radius 3 is 2.82 bits per heavy atom. The standard InChI is InChI=1S/C14H19N3/c1-4-12-10-13(7-6-11(12)3)16-14-15-8-9-17(14)5-2/h6-10H,4-5H2,1-3H3,(H,15,16). The molecule has 2 rings (SSSR count). The Hall–Kier alpha value is -1.77. The minimum Gasteiger partial charge on any atom is -0.326 e. The molecule has 1 aromatic heterocycles. The molecule has 0 radical (unpaired) electrons. The van der Waals surface area contributed by atoms with Crippen LogP contribution in [0.1, 0.15) is 25.0 Å². The highest BCUT2D eigenvalue weighted by atomic mass is 15.2. The topological polar surface area (TPSA) is 29.9 Å². The van der Waals surface area contributed by atoms with E-state index in [2.05, 4.69) is 53.8 Å². The molecule has 0 aliphatic rings. The minimum atomic E-state index is 0.901. The first-order valence-corrected chi connectivity index (χ1v) is 6.12. The van der Waals surface area contributed by atoms with Gasteiger partial charge in [0.1, 0.15) is 0 Å². The van der Waals surface area contributed by atoms with Crippen molar-refractivity contribution in [2.75, 3.05) is 5.32 Å². The van der Waals surface area contributed by atoms with Crippen molar-refractivity contribution in [3.63, 3.8) is 0 Å². The number of rotatable bonds is 4. The van der Waals surface area contributed by atoms with Crippen molar-refractivity contribution in [1.29, 1.82) is 0 Å². The summed E-state index contributed by atoms with van der Waals surface area (Å²) in [5, 5.41) is 3.36. The van der Waals surface area contributed by atoms with Crippen LogP contribution in [0.5, 0.6) is 0 Å². The van der Waals surface area contributed by atoms with Crippen molar-refractivity contribution < 1.29 is 0 Å². The molecule has 0 fully saturated rings. The number of nitrogens with one attached hydrogen (secondary N) is 1. The fourth-order valence-electron chi connectivity index (χ4n) is 1.95. The Bertz CT molecular complexity index is 500. The summed E-state index contributed by atoms with van der Waals surface area (Å²) in [6, 6.07) is 6.45. The van der Waals surface area contributed by atoms with Crippen LogP contribution in [-0.2, 0) is 13.0 Å². The second-order valence-electron chi connectivity index (χ2n) is 4.16. The zero-order chi connectivity index (χ0) is 12.3. The average Bonchev–Trinajstić information content (AvgIpc) is 2.79. The summed E-state index contributed by atoms with van der Waals surface area (Å²) in [6.07, 6.45) is 4.86. The van der Waals surface area contributed by atoms with E-state index in [0.717, 1.165) is 24.6 Å². The van der Waals surface area contributed by atoms with Crippen molar-refractivity contribution >= 4 is 11.6 Å². The summed E-state index contributed by atoms with van der Waals surface area (Å²) in [4.78, 5) is 4.31. The van der Waals surface area contributed by atoms with Crippen LogP contribution in [-0.4, -0.2) is 9.55 Å². The predicted octanol–water partition coefficient (Wildman–Crippen LogP) is 3.52. The lowest BCUT2D eigenvalue weighted by Gasteiger charge is -2.10. The first-order valence-electron chi connectivity index (χ1n) is 6.12. The Morgan fingerprint density at radius 2 is 2.12 bits per heavy atom. The first-order chi connectivity index (χ1) is 8.24. The monoisotopic (exact) mass is 229 g/mol. The van der Waals surface area contributed by atoms with Gasteiger partial charge < -0.3 is 9.88 Å². The van der Waals surface area contributed by atoms with Gasteiger partial charge in [0.15, 0.2) is 0 Å². The lowest BCUT2D eigenvalue weighted by Crippen LogP contribution is -2.02. The average molecular weight is 229 g/mol. The molecule has 90 valence electrons. The summed E-state index contributed by atoms with van der Waals surface area (Å²) in [5.74, 6) is 0.901. The smallest absolute Gasteiger partial charge is 0.207 e. The number of nitrogens with zero attached hydrogens (tertiary/aromatic N) is 2. The molecule has 0 unspecified atom stereocenters. The van der Waals surface area contributed by atoms with Crippen LogP contribution in [0.4, 0.5) is 11.6 Å². The molecule has 1 heterocycles. The van der Waals surface area contributed by atoms with Gasteiger partial charge >= 0.3 is 0 Å². The summed E-state index contributed by atoms with van der Waals surface area (Å²) >= 11 is 0. The van der Waals surface area contributed by atoms with Crippen LogP contribution in [0.15, 0.2) is 30.6 Å². The van der Waals surface area contributed by atoms with Crippen molar-refractivity contribution in [2.45, 2.75) is 33.7 Å². The Balaban J connectivity index is 2.24. The maximum Gasteiger partial charge on any atom is 0.207 e. The van der Waals surface area contributed by atoms with Crippen molar-refractivity contribution in [2.24, 2.45) is 0 Å². The highest BCUT2D eigenvalue weighted by Gasteiger charge is 2.03. The molecule has 0 spiro atoms. The van der Waals surface area contributed by atoms with E-state index in [-0.39, 0.29) is 0 Å². The molecule has 17 heavy (non-hydrogen) atoms. The molecule has 2 aromatic rings. The van der Waals surface area contributed by atoms with Gasteiger partial charge in [0.05, 0.1) is 0 Å². The van der Waals surface area contributed by atoms with Crippen LogP contribution in [0.3, 0.4) is 0 Å². The first kappa shape index (κ1) is 11.7. The van der Waals surface area contributed by atoms with Gasteiger partial charge in [-0.15, -0.1) is 0 Å². The third-order valence-electron chi connectivity index (χ3n) is 3.04. The molecule has 1 aromatic carbocycles. The Labute approximate surface area is 103 Å². The molecule has 0 bridgehead atoms. The van der Waals surface area contributed by atoms with Gasteiger partial charge in [-0.2, -0.15) is 0 Å². The third-order valence-corrected chi connectivity index (χ3v) is 3.04. The Kier molecular flexibility index (Phi) is 3.47. The molecular formula is C14H19N3. The molecule has 0 aliphatic carbocycles. The maximum absolute atomic E-state index is 4.31. The molecule has 3 heteroatoms. The number of benzene rings is 1. The normalized spacial score (nSPS) is 10.5. The number of aryl methyl sites for hydroxylation is 3. The van der Waals surface area contributed by atoms with Gasteiger partial charge in [-0.3, -0.25) is 0 Å². The zero-order valence-corrected chi connectivity index (χ0v) is 10.7. The van der Waals surface area contributed by atoms with Gasteiger partial charge in [0.25, 0.3) is 0 Å². The number of anilines is 2. The minimum absolute atomic E-state index is 0.901. The van der Waals surface area contributed by atoms with Crippen molar-refractivity contribution in [3.05, 3.63) is 41.7 Å². The summed E-state index contributed by atoms with van der Waals surface area (Å²) in [5.41, 5.74) is 3.83. The SMILES string of the molecule is CCc1cc(Nc2nccn2CC)ccc1C. The molecule has 1 N–H and O–H groups in total. The largest absolute Gasteiger partial charge is 0.326 e. The zero-order valence-electron chi connectivity index (χ0n) is 10.7. The van der Waals surface area contributed by atoms with Gasteiger partial charge in [0.2, 0.25) is 5.95 Å². The van der Waals surface area contributed by atoms with Crippen LogP contribution in [0.25, 0.3) is 0 Å². The Morgan fingerprint density at radius 1 is 1.29 bits per heavy atom. The van der Waals surface area contributed by atoms with Crippen LogP contribution < -0.4 is 5.32 Å². The summed E-state index contributed by atoms with van der Waals surface area (Å²) in [7, 11) is 0. The second-order valence-corrected chi connectivity index (χ2v) is 4.16. The number of hydrogen-bond donors (Lipinski definition) is 1. The number of hydrogen-bond acceptors (Lipinski definition) is 2. The third kappa shape index (κ3) is 2.49. The highest BCUT2D eigenvalue weighted by Crippen LogP contribution is 2.19. The lowest BCUT2D eigenvalue weighted by atomic mass is 10.1. The molecular weight excluding hydrogens is 210 g/mol. The van der Waals surface area contributed by atoms with E-state index >= 15 is 0 Å². The van der Waals surface area contributed by atoms with E-state index in [4.69, 9.17) is 0 Å². The van der Waals surface area contributed by atoms with E-state index < -0.39 is 0 Å².